The molecular weight excluding hydrogens is 204 g/mol. The Hall–Kier alpha value is -1.97. The summed E-state index contributed by atoms with van der Waals surface area (Å²) in [6, 6.07) is 3.77. The minimum Gasteiger partial charge on any atom is -0.275 e. The van der Waals surface area contributed by atoms with Crippen molar-refractivity contribution in [3.8, 4) is 0 Å². The van der Waals surface area contributed by atoms with Crippen LogP contribution in [0.1, 0.15) is 12.5 Å². The molecule has 1 aromatic rings. The molecule has 16 heavy (non-hydrogen) atoms. The van der Waals surface area contributed by atoms with Gasteiger partial charge in [-0.15, -0.1) is 0 Å². The van der Waals surface area contributed by atoms with Crippen molar-refractivity contribution in [3.05, 3.63) is 41.7 Å². The molecule has 1 aliphatic rings. The zero-order valence-electron chi connectivity index (χ0n) is 9.01. The maximum atomic E-state index is 11.6. The lowest BCUT2D eigenvalue weighted by molar-refractivity contribution is -0.137. The standard InChI is InChI=1S/C12H12N2O2/c1-9-7-11(15)14(12(9)16)6-4-10-3-2-5-13-8-10/h2-3,5,7-8H,4,6H2,1H3. The van der Waals surface area contributed by atoms with Crippen molar-refractivity contribution in [1.82, 2.24) is 9.88 Å². The highest BCUT2D eigenvalue weighted by molar-refractivity contribution is 6.15. The van der Waals surface area contributed by atoms with E-state index in [2.05, 4.69) is 4.98 Å². The molecule has 0 aliphatic carbocycles. The Morgan fingerprint density at radius 2 is 2.19 bits per heavy atom. The second-order valence-corrected chi connectivity index (χ2v) is 3.73. The van der Waals surface area contributed by atoms with Gasteiger partial charge in [0.15, 0.2) is 0 Å². The number of rotatable bonds is 3. The van der Waals surface area contributed by atoms with Gasteiger partial charge < -0.3 is 0 Å². The second kappa shape index (κ2) is 4.26. The average Bonchev–Trinajstić information content (AvgIpc) is 2.53. The van der Waals surface area contributed by atoms with Gasteiger partial charge >= 0.3 is 0 Å². The molecule has 0 N–H and O–H groups in total. The van der Waals surface area contributed by atoms with Crippen LogP contribution in [0, 0.1) is 0 Å². The predicted molar refractivity (Wildman–Crippen MR) is 58.4 cm³/mol. The third-order valence-electron chi connectivity index (χ3n) is 2.54. The molecule has 0 aromatic carbocycles. The smallest absolute Gasteiger partial charge is 0.256 e. The van der Waals surface area contributed by atoms with Gasteiger partial charge in [-0.25, -0.2) is 0 Å². The Morgan fingerprint density at radius 3 is 2.75 bits per heavy atom. The van der Waals surface area contributed by atoms with Crippen LogP contribution >= 0.6 is 0 Å². The number of hydrogen-bond donors (Lipinski definition) is 0. The normalized spacial score (nSPS) is 15.6. The van der Waals surface area contributed by atoms with Crippen LogP contribution < -0.4 is 0 Å². The molecular formula is C12H12N2O2. The van der Waals surface area contributed by atoms with Gasteiger partial charge in [-0.1, -0.05) is 6.07 Å². The molecule has 2 rings (SSSR count). The first-order valence-corrected chi connectivity index (χ1v) is 5.11. The largest absolute Gasteiger partial charge is 0.275 e. The van der Waals surface area contributed by atoms with Crippen LogP contribution in [0.3, 0.4) is 0 Å². The summed E-state index contributed by atoms with van der Waals surface area (Å²) in [5, 5.41) is 0. The first kappa shape index (κ1) is 10.5. The zero-order valence-corrected chi connectivity index (χ0v) is 9.01. The van der Waals surface area contributed by atoms with Gasteiger partial charge in [-0.3, -0.25) is 19.5 Å². The molecule has 4 nitrogen and oxygen atoms in total. The van der Waals surface area contributed by atoms with Gasteiger partial charge in [-0.05, 0) is 25.0 Å². The topological polar surface area (TPSA) is 50.3 Å². The zero-order chi connectivity index (χ0) is 11.5. The Labute approximate surface area is 93.6 Å². The molecule has 0 radical (unpaired) electrons. The van der Waals surface area contributed by atoms with E-state index in [9.17, 15) is 9.59 Å². The van der Waals surface area contributed by atoms with E-state index in [1.165, 1.54) is 11.0 Å². The fraction of sp³-hybridized carbons (Fsp3) is 0.250. The summed E-state index contributed by atoms with van der Waals surface area (Å²) in [6.45, 7) is 2.07. The minimum atomic E-state index is -0.216. The summed E-state index contributed by atoms with van der Waals surface area (Å²) in [4.78, 5) is 28.2. The Balaban J connectivity index is 1.98. The van der Waals surface area contributed by atoms with Gasteiger partial charge in [0.1, 0.15) is 0 Å². The summed E-state index contributed by atoms with van der Waals surface area (Å²) < 4.78 is 0. The maximum Gasteiger partial charge on any atom is 0.256 e. The van der Waals surface area contributed by atoms with Crippen molar-refractivity contribution in [2.45, 2.75) is 13.3 Å². The van der Waals surface area contributed by atoms with Crippen molar-refractivity contribution < 1.29 is 9.59 Å². The molecule has 82 valence electrons. The van der Waals surface area contributed by atoms with Crippen LogP contribution in [0.25, 0.3) is 0 Å². The molecule has 1 aliphatic heterocycles. The van der Waals surface area contributed by atoms with E-state index in [0.29, 0.717) is 18.5 Å². The number of carbonyl (C=O) groups excluding carboxylic acids is 2. The Kier molecular flexibility index (Phi) is 2.81. The second-order valence-electron chi connectivity index (χ2n) is 3.73. The average molecular weight is 216 g/mol. The van der Waals surface area contributed by atoms with Gasteiger partial charge in [0, 0.05) is 30.6 Å². The van der Waals surface area contributed by atoms with Gasteiger partial charge in [-0.2, -0.15) is 0 Å². The maximum absolute atomic E-state index is 11.6. The Bertz CT molecular complexity index is 451. The minimum absolute atomic E-state index is 0.186. The first-order chi connectivity index (χ1) is 7.68. The van der Waals surface area contributed by atoms with Crippen LogP contribution in [-0.2, 0) is 16.0 Å². The van der Waals surface area contributed by atoms with E-state index in [1.54, 1.807) is 19.3 Å². The van der Waals surface area contributed by atoms with Crippen LogP contribution in [0.15, 0.2) is 36.2 Å². The van der Waals surface area contributed by atoms with Crippen molar-refractivity contribution in [3.63, 3.8) is 0 Å². The van der Waals surface area contributed by atoms with Gasteiger partial charge in [0.25, 0.3) is 11.8 Å². The predicted octanol–water partition coefficient (Wildman–Crippen LogP) is 0.939. The Morgan fingerprint density at radius 1 is 1.38 bits per heavy atom. The van der Waals surface area contributed by atoms with Crippen LogP contribution in [0.2, 0.25) is 0 Å². The highest BCUT2D eigenvalue weighted by Gasteiger charge is 2.27. The lowest BCUT2D eigenvalue weighted by Crippen LogP contribution is -2.32. The van der Waals surface area contributed by atoms with Crippen LogP contribution in [-0.4, -0.2) is 28.2 Å². The molecule has 0 atom stereocenters. The van der Waals surface area contributed by atoms with E-state index < -0.39 is 0 Å². The monoisotopic (exact) mass is 216 g/mol. The van der Waals surface area contributed by atoms with E-state index in [0.717, 1.165) is 5.56 Å². The van der Waals surface area contributed by atoms with Gasteiger partial charge in [0.2, 0.25) is 0 Å². The number of nitrogens with zero attached hydrogens (tertiary/aromatic N) is 2. The number of imide groups is 1. The van der Waals surface area contributed by atoms with E-state index >= 15 is 0 Å². The summed E-state index contributed by atoms with van der Waals surface area (Å²) in [6.07, 6.45) is 5.46. The first-order valence-electron chi connectivity index (χ1n) is 5.11. The van der Waals surface area contributed by atoms with E-state index in [4.69, 9.17) is 0 Å². The fourth-order valence-electron chi connectivity index (χ4n) is 1.64. The number of pyridine rings is 1. The molecule has 0 saturated heterocycles. The molecule has 0 fully saturated rings. The third kappa shape index (κ3) is 2.00. The van der Waals surface area contributed by atoms with Crippen molar-refractivity contribution in [2.75, 3.05) is 6.54 Å². The number of carbonyl (C=O) groups is 2. The lowest BCUT2D eigenvalue weighted by Gasteiger charge is -2.13. The third-order valence-corrected chi connectivity index (χ3v) is 2.54. The van der Waals surface area contributed by atoms with Crippen molar-refractivity contribution in [1.29, 1.82) is 0 Å². The molecule has 2 heterocycles. The highest BCUT2D eigenvalue weighted by atomic mass is 16.2. The van der Waals surface area contributed by atoms with Gasteiger partial charge in [0.05, 0.1) is 0 Å². The van der Waals surface area contributed by atoms with E-state index in [1.807, 2.05) is 12.1 Å². The summed E-state index contributed by atoms with van der Waals surface area (Å²) in [7, 11) is 0. The molecule has 1 aromatic heterocycles. The molecule has 0 unspecified atom stereocenters. The number of aromatic nitrogens is 1. The number of amides is 2. The molecule has 2 amide bonds. The van der Waals surface area contributed by atoms with Crippen molar-refractivity contribution in [2.24, 2.45) is 0 Å². The molecule has 4 heteroatoms. The molecule has 0 bridgehead atoms. The summed E-state index contributed by atoms with van der Waals surface area (Å²) >= 11 is 0. The summed E-state index contributed by atoms with van der Waals surface area (Å²) in [5.74, 6) is -0.403. The van der Waals surface area contributed by atoms with Crippen molar-refractivity contribution >= 4 is 11.8 Å². The SMILES string of the molecule is CC1=CC(=O)N(CCc2cccnc2)C1=O. The van der Waals surface area contributed by atoms with Crippen LogP contribution in [0.5, 0.6) is 0 Å². The van der Waals surface area contributed by atoms with E-state index in [-0.39, 0.29) is 11.8 Å². The summed E-state index contributed by atoms with van der Waals surface area (Å²) in [5.41, 5.74) is 1.53. The number of hydrogen-bond acceptors (Lipinski definition) is 3. The molecule has 0 saturated carbocycles. The quantitative estimate of drug-likeness (QED) is 0.706. The lowest BCUT2D eigenvalue weighted by atomic mass is 10.2. The van der Waals surface area contributed by atoms with Crippen LogP contribution in [0.4, 0.5) is 0 Å². The molecule has 0 spiro atoms. The fourth-order valence-corrected chi connectivity index (χ4v) is 1.64. The highest BCUT2D eigenvalue weighted by Crippen LogP contribution is 2.12.